The lowest BCUT2D eigenvalue weighted by Crippen LogP contribution is -2.42. The molecule has 2 aliphatic rings. The molecule has 1 fully saturated rings. The Balaban J connectivity index is 1.61. The lowest BCUT2D eigenvalue weighted by Gasteiger charge is -2.32. The number of nitrogens with two attached hydrogens (primary N) is 1. The van der Waals surface area contributed by atoms with E-state index in [4.69, 9.17) is 10.4 Å². The Hall–Kier alpha value is -1.90. The van der Waals surface area contributed by atoms with Crippen molar-refractivity contribution in [1.29, 1.82) is 0 Å². The van der Waals surface area contributed by atoms with E-state index in [1.807, 2.05) is 0 Å². The summed E-state index contributed by atoms with van der Waals surface area (Å²) in [4.78, 5) is 25.9. The molecule has 1 aromatic rings. The highest BCUT2D eigenvalue weighted by molar-refractivity contribution is 6.47. The number of ketones is 1. The number of hydrogen-bond donors (Lipinski definition) is 3. The first kappa shape index (κ1) is 18.9. The van der Waals surface area contributed by atoms with Gasteiger partial charge in [0.15, 0.2) is 0 Å². The molecule has 0 aliphatic carbocycles. The van der Waals surface area contributed by atoms with Crippen LogP contribution in [0.1, 0.15) is 35.2 Å². The lowest BCUT2D eigenvalue weighted by atomic mass is 9.64. The maximum Gasteiger partial charge on any atom is 0.526 e. The fourth-order valence-corrected chi connectivity index (χ4v) is 3.92. The molecule has 4 N–H and O–H groups in total. The summed E-state index contributed by atoms with van der Waals surface area (Å²) in [5.41, 5.74) is 6.49. The lowest BCUT2D eigenvalue weighted by molar-refractivity contribution is -0.120. The average molecular weight is 360 g/mol. The Morgan fingerprint density at radius 3 is 2.92 bits per heavy atom. The largest absolute Gasteiger partial charge is 0.535 e. The van der Waals surface area contributed by atoms with Crippen molar-refractivity contribution in [2.45, 2.75) is 31.5 Å². The molecule has 26 heavy (non-hydrogen) atoms. The van der Waals surface area contributed by atoms with E-state index in [1.54, 1.807) is 12.1 Å². The van der Waals surface area contributed by atoms with Gasteiger partial charge >= 0.3 is 13.1 Å². The molecule has 3 rings (SSSR count). The molecule has 140 valence electrons. The van der Waals surface area contributed by atoms with Crippen LogP contribution < -0.4 is 10.4 Å². The zero-order chi connectivity index (χ0) is 18.7. The molecule has 1 unspecified atom stereocenters. The number of fused-ring (bicyclic) bond motifs is 1. The van der Waals surface area contributed by atoms with E-state index < -0.39 is 13.1 Å². The molecule has 0 bridgehead atoms. The number of para-hydroxylation sites is 1. The second-order valence-electron chi connectivity index (χ2n) is 7.29. The molecule has 2 heterocycles. The first-order valence-corrected chi connectivity index (χ1v) is 9.12. The topological polar surface area (TPSA) is 113 Å². The molecule has 0 saturated carbocycles. The van der Waals surface area contributed by atoms with Gasteiger partial charge in [-0.3, -0.25) is 9.69 Å². The minimum absolute atomic E-state index is 0.0347. The van der Waals surface area contributed by atoms with Gasteiger partial charge in [0, 0.05) is 18.8 Å². The summed E-state index contributed by atoms with van der Waals surface area (Å²) in [5.74, 6) is -0.745. The van der Waals surface area contributed by atoms with Crippen LogP contribution in [0.15, 0.2) is 18.2 Å². The molecule has 0 spiro atoms. The summed E-state index contributed by atoms with van der Waals surface area (Å²) in [6, 6.07) is 4.88. The SMILES string of the molecule is NCC1CCCN(CC(=O)C[C@H]2Cc3cccc(C(=O)O)c3OB2O)C1. The number of carbonyl (C=O) groups is 2. The minimum Gasteiger partial charge on any atom is -0.535 e. The number of likely N-dealkylation sites (tertiary alicyclic amines) is 1. The summed E-state index contributed by atoms with van der Waals surface area (Å²) in [7, 11) is -1.18. The summed E-state index contributed by atoms with van der Waals surface area (Å²) in [6.45, 7) is 2.75. The van der Waals surface area contributed by atoms with Crippen LogP contribution in [0.2, 0.25) is 5.82 Å². The van der Waals surface area contributed by atoms with Crippen LogP contribution in [0.25, 0.3) is 0 Å². The zero-order valence-corrected chi connectivity index (χ0v) is 14.8. The third-order valence-corrected chi connectivity index (χ3v) is 5.28. The third kappa shape index (κ3) is 4.25. The minimum atomic E-state index is -1.18. The van der Waals surface area contributed by atoms with Gasteiger partial charge in [0.05, 0.1) is 12.1 Å². The van der Waals surface area contributed by atoms with Gasteiger partial charge in [0.25, 0.3) is 0 Å². The van der Waals surface area contributed by atoms with Crippen LogP contribution in [0.4, 0.5) is 0 Å². The van der Waals surface area contributed by atoms with Crippen LogP contribution in [-0.2, 0) is 11.2 Å². The summed E-state index contributed by atoms with van der Waals surface area (Å²) >= 11 is 0. The molecule has 1 aromatic carbocycles. The van der Waals surface area contributed by atoms with Gasteiger partial charge in [-0.1, -0.05) is 12.1 Å². The molecular formula is C18H25BN2O5. The Morgan fingerprint density at radius 2 is 2.19 bits per heavy atom. The quantitative estimate of drug-likeness (QED) is 0.643. The number of hydrogen-bond acceptors (Lipinski definition) is 6. The van der Waals surface area contributed by atoms with E-state index in [9.17, 15) is 19.7 Å². The van der Waals surface area contributed by atoms with E-state index in [0.717, 1.165) is 25.9 Å². The first-order valence-electron chi connectivity index (χ1n) is 9.12. The van der Waals surface area contributed by atoms with E-state index >= 15 is 0 Å². The van der Waals surface area contributed by atoms with Crippen molar-refractivity contribution in [3.05, 3.63) is 29.3 Å². The van der Waals surface area contributed by atoms with Gasteiger partial charge in [0.1, 0.15) is 11.5 Å². The number of nitrogens with zero attached hydrogens (tertiary/aromatic N) is 1. The fraction of sp³-hybridized carbons (Fsp3) is 0.556. The van der Waals surface area contributed by atoms with Crippen molar-refractivity contribution in [3.8, 4) is 5.75 Å². The normalized spacial score (nSPS) is 23.2. The van der Waals surface area contributed by atoms with Gasteiger partial charge in [-0.15, -0.1) is 0 Å². The van der Waals surface area contributed by atoms with Crippen LogP contribution in [-0.4, -0.2) is 60.1 Å². The zero-order valence-electron chi connectivity index (χ0n) is 14.8. The highest BCUT2D eigenvalue weighted by Crippen LogP contribution is 2.36. The van der Waals surface area contributed by atoms with Crippen molar-refractivity contribution in [3.63, 3.8) is 0 Å². The predicted octanol–water partition coefficient (Wildman–Crippen LogP) is 0.800. The van der Waals surface area contributed by atoms with Crippen molar-refractivity contribution in [2.24, 2.45) is 11.7 Å². The van der Waals surface area contributed by atoms with Gasteiger partial charge < -0.3 is 20.5 Å². The first-order chi connectivity index (χ1) is 12.5. The summed E-state index contributed by atoms with van der Waals surface area (Å²) in [6.07, 6.45) is 2.80. The Labute approximate surface area is 153 Å². The molecule has 2 aliphatic heterocycles. The van der Waals surface area contributed by atoms with E-state index in [2.05, 4.69) is 4.90 Å². The summed E-state index contributed by atoms with van der Waals surface area (Å²) in [5, 5.41) is 19.5. The van der Waals surface area contributed by atoms with Gasteiger partial charge in [-0.2, -0.15) is 0 Å². The van der Waals surface area contributed by atoms with Crippen molar-refractivity contribution >= 4 is 18.9 Å². The number of Topliss-reactive ketones (excluding diaryl/α,β-unsaturated/α-hetero) is 1. The average Bonchev–Trinajstić information content (AvgIpc) is 2.61. The van der Waals surface area contributed by atoms with Crippen molar-refractivity contribution < 1.29 is 24.4 Å². The van der Waals surface area contributed by atoms with Crippen LogP contribution >= 0.6 is 0 Å². The second-order valence-corrected chi connectivity index (χ2v) is 7.29. The number of rotatable bonds is 6. The molecule has 1 saturated heterocycles. The summed E-state index contributed by atoms with van der Waals surface area (Å²) < 4.78 is 5.45. The standard InChI is InChI=1S/C18H25BN2O5/c20-9-12-3-2-6-21(10-12)11-15(22)8-14-7-13-4-1-5-16(18(23)24)17(13)26-19(14)25/h1,4-5,12,14,25H,2-3,6-11,20H2,(H,23,24)/t12?,14-/m1/s1. The van der Waals surface area contributed by atoms with E-state index in [0.29, 0.717) is 31.0 Å². The van der Waals surface area contributed by atoms with Crippen LogP contribution in [0.3, 0.4) is 0 Å². The molecule has 2 atom stereocenters. The van der Waals surface area contributed by atoms with Crippen molar-refractivity contribution in [1.82, 2.24) is 4.90 Å². The molecule has 0 aromatic heterocycles. The Kier molecular flexibility index (Phi) is 5.96. The number of piperidine rings is 1. The Morgan fingerprint density at radius 1 is 1.38 bits per heavy atom. The second kappa shape index (κ2) is 8.20. The monoisotopic (exact) mass is 360 g/mol. The van der Waals surface area contributed by atoms with Crippen LogP contribution in [0, 0.1) is 5.92 Å². The number of benzene rings is 1. The van der Waals surface area contributed by atoms with Crippen molar-refractivity contribution in [2.75, 3.05) is 26.2 Å². The molecular weight excluding hydrogens is 335 g/mol. The fourth-order valence-electron chi connectivity index (χ4n) is 3.92. The molecule has 0 radical (unpaired) electrons. The van der Waals surface area contributed by atoms with Gasteiger partial charge in [-0.05, 0) is 49.9 Å². The third-order valence-electron chi connectivity index (χ3n) is 5.28. The Bertz CT molecular complexity index is 684. The molecule has 0 amide bonds. The number of aromatic carboxylic acids is 1. The molecule has 7 nitrogen and oxygen atoms in total. The number of carboxylic acids is 1. The highest BCUT2D eigenvalue weighted by Gasteiger charge is 2.38. The number of carbonyl (C=O) groups excluding carboxylic acids is 1. The predicted molar refractivity (Wildman–Crippen MR) is 97.3 cm³/mol. The van der Waals surface area contributed by atoms with Gasteiger partial charge in [-0.25, -0.2) is 4.79 Å². The van der Waals surface area contributed by atoms with Crippen LogP contribution in [0.5, 0.6) is 5.75 Å². The number of carboxylic acid groups (broad SMARTS) is 1. The van der Waals surface area contributed by atoms with Gasteiger partial charge in [0.2, 0.25) is 0 Å². The smallest absolute Gasteiger partial charge is 0.526 e. The van der Waals surface area contributed by atoms with E-state index in [1.165, 1.54) is 6.07 Å². The molecule has 8 heteroatoms. The maximum absolute atomic E-state index is 12.5. The van der Waals surface area contributed by atoms with E-state index in [-0.39, 0.29) is 29.3 Å². The maximum atomic E-state index is 12.5. The highest BCUT2D eigenvalue weighted by atomic mass is 16.5.